The summed E-state index contributed by atoms with van der Waals surface area (Å²) in [5, 5.41) is 3.66. The van der Waals surface area contributed by atoms with E-state index < -0.39 is 6.04 Å². The highest BCUT2D eigenvalue weighted by atomic mass is 16.2. The van der Waals surface area contributed by atoms with Gasteiger partial charge in [0, 0.05) is 5.56 Å². The van der Waals surface area contributed by atoms with Crippen LogP contribution in [-0.2, 0) is 4.79 Å². The lowest BCUT2D eigenvalue weighted by Crippen LogP contribution is -2.26. The van der Waals surface area contributed by atoms with Crippen LogP contribution >= 0.6 is 0 Å². The molecule has 0 aromatic heterocycles. The van der Waals surface area contributed by atoms with Crippen molar-refractivity contribution >= 4 is 12.2 Å². The molecule has 1 radical (unpaired) electrons. The van der Waals surface area contributed by atoms with Gasteiger partial charge in [0.1, 0.15) is 12.3 Å². The van der Waals surface area contributed by atoms with Gasteiger partial charge in [-0.2, -0.15) is 0 Å². The molecule has 1 atom stereocenters. The van der Waals surface area contributed by atoms with Crippen molar-refractivity contribution in [1.29, 1.82) is 0 Å². The van der Waals surface area contributed by atoms with E-state index in [9.17, 15) is 9.59 Å². The molecular weight excluding hydrogens is 166 g/mol. The lowest BCUT2D eigenvalue weighted by molar-refractivity contribution is -0.109. The summed E-state index contributed by atoms with van der Waals surface area (Å²) in [5.41, 5.74) is 0.510. The Hall–Kier alpha value is -1.64. The van der Waals surface area contributed by atoms with Gasteiger partial charge < -0.3 is 4.79 Å². The summed E-state index contributed by atoms with van der Waals surface area (Å²) in [6.45, 7) is 1.58. The van der Waals surface area contributed by atoms with E-state index in [-0.39, 0.29) is 5.91 Å². The molecule has 1 aromatic carbocycles. The SMILES string of the molecule is C[C@@H](C=O)[N]C(=O)c1ccccc1. The Kier molecular flexibility index (Phi) is 3.20. The molecule has 0 unspecified atom stereocenters. The van der Waals surface area contributed by atoms with Crippen LogP contribution in [0.1, 0.15) is 17.3 Å². The molecule has 1 aromatic rings. The lowest BCUT2D eigenvalue weighted by atomic mass is 10.2. The van der Waals surface area contributed by atoms with Gasteiger partial charge in [-0.3, -0.25) is 4.79 Å². The van der Waals surface area contributed by atoms with Crippen LogP contribution < -0.4 is 5.32 Å². The van der Waals surface area contributed by atoms with Crippen LogP contribution in [-0.4, -0.2) is 18.2 Å². The van der Waals surface area contributed by atoms with Crippen LogP contribution in [0, 0.1) is 0 Å². The zero-order valence-electron chi connectivity index (χ0n) is 7.31. The number of benzene rings is 1. The van der Waals surface area contributed by atoms with E-state index in [0.717, 1.165) is 0 Å². The van der Waals surface area contributed by atoms with Crippen molar-refractivity contribution in [3.63, 3.8) is 0 Å². The predicted octanol–water partition coefficient (Wildman–Crippen LogP) is 1.02. The van der Waals surface area contributed by atoms with Crippen LogP contribution in [0.2, 0.25) is 0 Å². The molecule has 13 heavy (non-hydrogen) atoms. The van der Waals surface area contributed by atoms with E-state index in [1.165, 1.54) is 0 Å². The Bertz CT molecular complexity index is 295. The van der Waals surface area contributed by atoms with E-state index >= 15 is 0 Å². The van der Waals surface area contributed by atoms with Gasteiger partial charge in [0.2, 0.25) is 0 Å². The summed E-state index contributed by atoms with van der Waals surface area (Å²) in [4.78, 5) is 21.5. The fourth-order valence-electron chi connectivity index (χ4n) is 0.871. The number of rotatable bonds is 3. The maximum atomic E-state index is 11.3. The highest BCUT2D eigenvalue weighted by molar-refractivity contribution is 5.95. The summed E-state index contributed by atoms with van der Waals surface area (Å²) in [6, 6.07) is 8.11. The molecule has 0 aliphatic carbocycles. The second-order valence-electron chi connectivity index (χ2n) is 2.68. The van der Waals surface area contributed by atoms with Crippen molar-refractivity contribution in [2.75, 3.05) is 0 Å². The van der Waals surface area contributed by atoms with Crippen molar-refractivity contribution in [3.8, 4) is 0 Å². The van der Waals surface area contributed by atoms with Crippen molar-refractivity contribution in [1.82, 2.24) is 5.32 Å². The van der Waals surface area contributed by atoms with Crippen molar-refractivity contribution < 1.29 is 9.59 Å². The van der Waals surface area contributed by atoms with Gasteiger partial charge in [-0.15, -0.1) is 0 Å². The lowest BCUT2D eigenvalue weighted by Gasteiger charge is -2.02. The van der Waals surface area contributed by atoms with Gasteiger partial charge in [0.25, 0.3) is 5.91 Å². The second kappa shape index (κ2) is 4.40. The zero-order valence-corrected chi connectivity index (χ0v) is 7.31. The third-order valence-corrected chi connectivity index (χ3v) is 1.54. The Morgan fingerprint density at radius 3 is 2.54 bits per heavy atom. The molecular formula is C10H10NO2. The first kappa shape index (κ1) is 9.45. The minimum Gasteiger partial charge on any atom is -0.301 e. The topological polar surface area (TPSA) is 48.2 Å². The summed E-state index contributed by atoms with van der Waals surface area (Å²) >= 11 is 0. The van der Waals surface area contributed by atoms with Crippen molar-refractivity contribution in [2.45, 2.75) is 13.0 Å². The first-order chi connectivity index (χ1) is 6.24. The van der Waals surface area contributed by atoms with Crippen LogP contribution in [0.3, 0.4) is 0 Å². The van der Waals surface area contributed by atoms with Gasteiger partial charge in [-0.05, 0) is 19.1 Å². The van der Waals surface area contributed by atoms with Gasteiger partial charge in [-0.25, -0.2) is 5.32 Å². The molecule has 1 amide bonds. The number of hydrogen-bond donors (Lipinski definition) is 0. The number of aldehydes is 1. The number of carbonyl (C=O) groups excluding carboxylic acids is 2. The second-order valence-corrected chi connectivity index (χ2v) is 2.68. The number of amides is 1. The molecule has 0 heterocycles. The van der Waals surface area contributed by atoms with E-state index in [0.29, 0.717) is 11.8 Å². The number of hydrogen-bond acceptors (Lipinski definition) is 2. The highest BCUT2D eigenvalue weighted by Gasteiger charge is 2.09. The van der Waals surface area contributed by atoms with Crippen LogP contribution in [0.5, 0.6) is 0 Å². The first-order valence-electron chi connectivity index (χ1n) is 3.99. The molecule has 3 nitrogen and oxygen atoms in total. The molecule has 0 aliphatic rings. The first-order valence-corrected chi connectivity index (χ1v) is 3.99. The van der Waals surface area contributed by atoms with Crippen LogP contribution in [0.25, 0.3) is 0 Å². The molecule has 0 fully saturated rings. The third kappa shape index (κ3) is 2.71. The number of carbonyl (C=O) groups is 2. The van der Waals surface area contributed by atoms with Gasteiger partial charge in [-0.1, -0.05) is 18.2 Å². The Morgan fingerprint density at radius 1 is 1.38 bits per heavy atom. The Labute approximate surface area is 76.8 Å². The van der Waals surface area contributed by atoms with Crippen molar-refractivity contribution in [3.05, 3.63) is 35.9 Å². The van der Waals surface area contributed by atoms with E-state index in [4.69, 9.17) is 0 Å². The highest BCUT2D eigenvalue weighted by Crippen LogP contribution is 1.99. The smallest absolute Gasteiger partial charge is 0.273 e. The van der Waals surface area contributed by atoms with Gasteiger partial charge >= 0.3 is 0 Å². The summed E-state index contributed by atoms with van der Waals surface area (Å²) < 4.78 is 0. The Balaban J connectivity index is 2.64. The molecule has 0 aliphatic heterocycles. The molecule has 0 saturated carbocycles. The standard InChI is InChI=1S/C10H10NO2/c1-8(7-12)11-10(13)9-5-3-2-4-6-9/h2-8H,1H3/t8-/m0/s1. The molecule has 0 saturated heterocycles. The molecule has 67 valence electrons. The average molecular weight is 176 g/mol. The van der Waals surface area contributed by atoms with Gasteiger partial charge in [0.15, 0.2) is 0 Å². The molecule has 0 spiro atoms. The molecule has 1 rings (SSSR count). The van der Waals surface area contributed by atoms with Crippen LogP contribution in [0.4, 0.5) is 0 Å². The molecule has 3 heteroatoms. The number of nitrogens with zero attached hydrogens (tertiary/aromatic N) is 1. The predicted molar refractivity (Wildman–Crippen MR) is 48.4 cm³/mol. The summed E-state index contributed by atoms with van der Waals surface area (Å²) in [7, 11) is 0. The monoisotopic (exact) mass is 176 g/mol. The maximum Gasteiger partial charge on any atom is 0.273 e. The quantitative estimate of drug-likeness (QED) is 0.645. The fourth-order valence-corrected chi connectivity index (χ4v) is 0.871. The van der Waals surface area contributed by atoms with Gasteiger partial charge in [0.05, 0.1) is 0 Å². The van der Waals surface area contributed by atoms with E-state index in [1.807, 2.05) is 6.07 Å². The Morgan fingerprint density at radius 2 is 2.00 bits per heavy atom. The summed E-state index contributed by atoms with van der Waals surface area (Å²) in [5.74, 6) is -0.347. The van der Waals surface area contributed by atoms with Crippen molar-refractivity contribution in [2.24, 2.45) is 0 Å². The maximum absolute atomic E-state index is 11.3. The minimum absolute atomic E-state index is 0.347. The molecule has 0 N–H and O–H groups in total. The van der Waals surface area contributed by atoms with E-state index in [2.05, 4.69) is 5.32 Å². The fraction of sp³-hybridized carbons (Fsp3) is 0.200. The van der Waals surface area contributed by atoms with Crippen LogP contribution in [0.15, 0.2) is 30.3 Å². The molecule has 0 bridgehead atoms. The van der Waals surface area contributed by atoms with E-state index in [1.54, 1.807) is 31.2 Å². The average Bonchev–Trinajstić information content (AvgIpc) is 2.19. The largest absolute Gasteiger partial charge is 0.301 e. The zero-order chi connectivity index (χ0) is 9.68. The normalized spacial score (nSPS) is 11.8. The third-order valence-electron chi connectivity index (χ3n) is 1.54. The minimum atomic E-state index is -0.562. The summed E-state index contributed by atoms with van der Waals surface area (Å²) in [6.07, 6.45) is 0.640.